The lowest BCUT2D eigenvalue weighted by Crippen LogP contribution is -1.91. The molecule has 0 atom stereocenters. The molecule has 0 bridgehead atoms. The highest BCUT2D eigenvalue weighted by Crippen LogP contribution is 2.27. The molecule has 0 spiro atoms. The maximum absolute atomic E-state index is 5.57. The molecule has 4 heteroatoms. The lowest BCUT2D eigenvalue weighted by molar-refractivity contribution is 0.357. The van der Waals surface area contributed by atoms with Gasteiger partial charge in [-0.2, -0.15) is 0 Å². The number of benzene rings is 1. The van der Waals surface area contributed by atoms with Crippen LogP contribution >= 0.6 is 11.8 Å². The van der Waals surface area contributed by atoms with Crippen LogP contribution in [-0.4, -0.2) is 17.3 Å². The molecule has 1 aromatic heterocycles. The molecule has 0 fully saturated rings. The molecule has 0 aliphatic carbocycles. The minimum atomic E-state index is 0.572. The Morgan fingerprint density at radius 2 is 2.21 bits per heavy atom. The van der Waals surface area contributed by atoms with Crippen LogP contribution in [0.25, 0.3) is 0 Å². The Kier molecular flexibility index (Phi) is 3.60. The number of ether oxygens (including phenoxy) is 1. The zero-order chi connectivity index (χ0) is 13.1. The van der Waals surface area contributed by atoms with Gasteiger partial charge in [0.15, 0.2) is 0 Å². The summed E-state index contributed by atoms with van der Waals surface area (Å²) in [7, 11) is 0. The molecular weight excluding hydrogens is 256 g/mol. The maximum atomic E-state index is 5.57. The van der Waals surface area contributed by atoms with Crippen molar-refractivity contribution in [3.8, 4) is 5.75 Å². The molecule has 3 nitrogen and oxygen atoms in total. The van der Waals surface area contributed by atoms with Gasteiger partial charge in [0.25, 0.3) is 0 Å². The third-order valence-corrected chi connectivity index (χ3v) is 4.16. The van der Waals surface area contributed by atoms with E-state index in [0.29, 0.717) is 5.82 Å². The van der Waals surface area contributed by atoms with Crippen molar-refractivity contribution in [1.82, 2.24) is 4.98 Å². The van der Waals surface area contributed by atoms with Crippen molar-refractivity contribution in [3.63, 3.8) is 0 Å². The number of nitrogens with two attached hydrogens (primary N) is 1. The smallest absolute Gasteiger partial charge is 0.123 e. The number of aromatic nitrogens is 1. The van der Waals surface area contributed by atoms with Crippen LogP contribution in [0.2, 0.25) is 0 Å². The number of fused-ring (bicyclic) bond motifs is 1. The topological polar surface area (TPSA) is 48.1 Å². The minimum Gasteiger partial charge on any atom is -0.493 e. The van der Waals surface area contributed by atoms with Gasteiger partial charge in [-0.05, 0) is 35.7 Å². The monoisotopic (exact) mass is 272 g/mol. The second-order valence-corrected chi connectivity index (χ2v) is 5.73. The lowest BCUT2D eigenvalue weighted by Gasteiger charge is -2.04. The second kappa shape index (κ2) is 5.53. The van der Waals surface area contributed by atoms with Crippen LogP contribution < -0.4 is 10.5 Å². The van der Waals surface area contributed by atoms with E-state index in [2.05, 4.69) is 23.2 Å². The third kappa shape index (κ3) is 3.01. The number of pyridine rings is 1. The predicted octanol–water partition coefficient (Wildman–Crippen LogP) is 2.93. The largest absolute Gasteiger partial charge is 0.493 e. The van der Waals surface area contributed by atoms with Gasteiger partial charge >= 0.3 is 0 Å². The summed E-state index contributed by atoms with van der Waals surface area (Å²) < 4.78 is 5.51. The van der Waals surface area contributed by atoms with Crippen LogP contribution in [0.4, 0.5) is 5.82 Å². The van der Waals surface area contributed by atoms with Crippen molar-refractivity contribution in [2.75, 3.05) is 18.1 Å². The molecule has 0 unspecified atom stereocenters. The summed E-state index contributed by atoms with van der Waals surface area (Å²) in [5, 5.41) is 0. The summed E-state index contributed by atoms with van der Waals surface area (Å²) in [6, 6.07) is 10.4. The highest BCUT2D eigenvalue weighted by Gasteiger charge is 2.11. The van der Waals surface area contributed by atoms with Gasteiger partial charge in [-0.1, -0.05) is 12.1 Å². The number of hydrogen-bond donors (Lipinski definition) is 1. The van der Waals surface area contributed by atoms with Crippen molar-refractivity contribution in [1.29, 1.82) is 0 Å². The van der Waals surface area contributed by atoms with Gasteiger partial charge in [0.05, 0.1) is 6.61 Å². The highest BCUT2D eigenvalue weighted by atomic mass is 32.2. The number of aryl methyl sites for hydroxylation is 1. The Morgan fingerprint density at radius 1 is 1.26 bits per heavy atom. The van der Waals surface area contributed by atoms with E-state index in [1.165, 1.54) is 16.0 Å². The summed E-state index contributed by atoms with van der Waals surface area (Å²) in [5.74, 6) is 2.67. The SMILES string of the molecule is Nc1ccc(SCCc2ccc3c(c2)CCO3)cn1. The fourth-order valence-corrected chi connectivity index (χ4v) is 3.02. The number of nitrogen functional groups attached to an aromatic ring is 1. The first kappa shape index (κ1) is 12.4. The molecule has 2 aromatic rings. The number of hydrogen-bond acceptors (Lipinski definition) is 4. The summed E-state index contributed by atoms with van der Waals surface area (Å²) in [4.78, 5) is 5.26. The lowest BCUT2D eigenvalue weighted by atomic mass is 10.1. The van der Waals surface area contributed by atoms with Crippen molar-refractivity contribution in [3.05, 3.63) is 47.7 Å². The Morgan fingerprint density at radius 3 is 3.05 bits per heavy atom. The molecule has 2 N–H and O–H groups in total. The Bertz CT molecular complexity index is 569. The zero-order valence-corrected chi connectivity index (χ0v) is 11.5. The van der Waals surface area contributed by atoms with E-state index < -0.39 is 0 Å². The normalized spacial score (nSPS) is 13.1. The van der Waals surface area contributed by atoms with Crippen molar-refractivity contribution >= 4 is 17.6 Å². The molecule has 19 heavy (non-hydrogen) atoms. The van der Waals surface area contributed by atoms with E-state index in [1.807, 2.05) is 30.1 Å². The first-order chi connectivity index (χ1) is 9.31. The van der Waals surface area contributed by atoms with Gasteiger partial charge in [-0.25, -0.2) is 4.98 Å². The highest BCUT2D eigenvalue weighted by molar-refractivity contribution is 7.99. The average molecular weight is 272 g/mol. The fourth-order valence-electron chi connectivity index (χ4n) is 2.16. The van der Waals surface area contributed by atoms with Crippen molar-refractivity contribution in [2.45, 2.75) is 17.7 Å². The zero-order valence-electron chi connectivity index (χ0n) is 10.6. The minimum absolute atomic E-state index is 0.572. The van der Waals surface area contributed by atoms with Crippen molar-refractivity contribution in [2.24, 2.45) is 0 Å². The van der Waals surface area contributed by atoms with Crippen LogP contribution in [-0.2, 0) is 12.8 Å². The molecule has 1 aliphatic heterocycles. The van der Waals surface area contributed by atoms with Gasteiger partial charge in [-0.3, -0.25) is 0 Å². The van der Waals surface area contributed by atoms with Crippen LogP contribution in [0, 0.1) is 0 Å². The van der Waals surface area contributed by atoms with Crippen LogP contribution in [0.1, 0.15) is 11.1 Å². The van der Waals surface area contributed by atoms with Gasteiger partial charge in [0, 0.05) is 23.3 Å². The molecule has 0 radical (unpaired) electrons. The number of nitrogens with zero attached hydrogens (tertiary/aromatic N) is 1. The summed E-state index contributed by atoms with van der Waals surface area (Å²) in [6.45, 7) is 0.824. The Balaban J connectivity index is 1.56. The molecule has 0 saturated carbocycles. The van der Waals surface area contributed by atoms with Gasteiger partial charge in [0.2, 0.25) is 0 Å². The summed E-state index contributed by atoms with van der Waals surface area (Å²) in [6.07, 6.45) is 3.93. The van der Waals surface area contributed by atoms with Crippen LogP contribution in [0.3, 0.4) is 0 Å². The van der Waals surface area contributed by atoms with E-state index in [-0.39, 0.29) is 0 Å². The molecular formula is C15H16N2OS. The summed E-state index contributed by atoms with van der Waals surface area (Å²) in [5.41, 5.74) is 8.29. The first-order valence-electron chi connectivity index (χ1n) is 6.40. The molecule has 3 rings (SSSR count). The molecule has 0 saturated heterocycles. The Hall–Kier alpha value is -1.68. The van der Waals surface area contributed by atoms with Gasteiger partial charge in [0.1, 0.15) is 11.6 Å². The van der Waals surface area contributed by atoms with Gasteiger partial charge in [-0.15, -0.1) is 11.8 Å². The van der Waals surface area contributed by atoms with E-state index >= 15 is 0 Å². The van der Waals surface area contributed by atoms with E-state index in [9.17, 15) is 0 Å². The number of anilines is 1. The molecule has 0 amide bonds. The van der Waals surface area contributed by atoms with Crippen molar-refractivity contribution < 1.29 is 4.74 Å². The van der Waals surface area contributed by atoms with E-state index in [4.69, 9.17) is 10.5 Å². The van der Waals surface area contributed by atoms with Crippen LogP contribution in [0.15, 0.2) is 41.4 Å². The first-order valence-corrected chi connectivity index (χ1v) is 7.39. The van der Waals surface area contributed by atoms with E-state index in [1.54, 1.807) is 0 Å². The van der Waals surface area contributed by atoms with Crippen LogP contribution in [0.5, 0.6) is 5.75 Å². The standard InChI is InChI=1S/C15H16N2OS/c16-15-4-2-13(10-17-15)19-8-6-11-1-3-14-12(9-11)5-7-18-14/h1-4,9-10H,5-8H2,(H2,16,17). The summed E-state index contributed by atoms with van der Waals surface area (Å²) >= 11 is 1.81. The third-order valence-electron chi connectivity index (χ3n) is 3.17. The molecule has 1 aromatic carbocycles. The Labute approximate surface area is 117 Å². The fraction of sp³-hybridized carbons (Fsp3) is 0.267. The number of thioether (sulfide) groups is 1. The average Bonchev–Trinajstić information content (AvgIpc) is 2.88. The molecule has 2 heterocycles. The second-order valence-electron chi connectivity index (χ2n) is 4.56. The number of rotatable bonds is 4. The molecule has 1 aliphatic rings. The maximum Gasteiger partial charge on any atom is 0.123 e. The molecule has 98 valence electrons. The predicted molar refractivity (Wildman–Crippen MR) is 78.7 cm³/mol. The van der Waals surface area contributed by atoms with E-state index in [0.717, 1.165) is 31.0 Å². The quantitative estimate of drug-likeness (QED) is 0.869. The van der Waals surface area contributed by atoms with Gasteiger partial charge < -0.3 is 10.5 Å².